The van der Waals surface area contributed by atoms with Gasteiger partial charge in [0.05, 0.1) is 19.4 Å². The van der Waals surface area contributed by atoms with Gasteiger partial charge in [-0.2, -0.15) is 5.10 Å². The van der Waals surface area contributed by atoms with E-state index in [1.165, 1.54) is 0 Å². The lowest BCUT2D eigenvalue weighted by atomic mass is 10.3. The van der Waals surface area contributed by atoms with E-state index in [0.717, 1.165) is 38.3 Å². The van der Waals surface area contributed by atoms with Crippen LogP contribution in [0.5, 0.6) is 0 Å². The SMILES string of the molecule is C=CCCOCCNCc1cnn(C=C)c1. The Labute approximate surface area is 96.6 Å². The molecule has 0 atom stereocenters. The fraction of sp³-hybridized carbons (Fsp3) is 0.417. The van der Waals surface area contributed by atoms with Crippen LogP contribution >= 0.6 is 0 Å². The Bertz CT molecular complexity index is 320. The largest absolute Gasteiger partial charge is 0.380 e. The highest BCUT2D eigenvalue weighted by molar-refractivity contribution is 5.17. The molecule has 88 valence electrons. The van der Waals surface area contributed by atoms with Gasteiger partial charge in [-0.1, -0.05) is 12.7 Å². The Kier molecular flexibility index (Phi) is 6.22. The summed E-state index contributed by atoms with van der Waals surface area (Å²) in [4.78, 5) is 0. The molecule has 0 aliphatic heterocycles. The quantitative estimate of drug-likeness (QED) is 0.509. The topological polar surface area (TPSA) is 39.1 Å². The third-order valence-corrected chi connectivity index (χ3v) is 2.06. The molecule has 0 spiro atoms. The molecular weight excluding hydrogens is 202 g/mol. The number of nitrogens with one attached hydrogen (secondary N) is 1. The summed E-state index contributed by atoms with van der Waals surface area (Å²) >= 11 is 0. The van der Waals surface area contributed by atoms with Crippen LogP contribution in [0.2, 0.25) is 0 Å². The molecule has 0 bridgehead atoms. The minimum Gasteiger partial charge on any atom is -0.380 e. The summed E-state index contributed by atoms with van der Waals surface area (Å²) in [6.07, 6.45) is 8.21. The maximum Gasteiger partial charge on any atom is 0.0591 e. The van der Waals surface area contributed by atoms with E-state index in [1.54, 1.807) is 10.9 Å². The summed E-state index contributed by atoms with van der Waals surface area (Å²) in [6, 6.07) is 0. The number of rotatable bonds is 9. The molecule has 0 unspecified atom stereocenters. The highest BCUT2D eigenvalue weighted by atomic mass is 16.5. The Morgan fingerprint density at radius 2 is 2.31 bits per heavy atom. The minimum absolute atomic E-state index is 0.726. The number of hydrogen-bond acceptors (Lipinski definition) is 3. The van der Waals surface area contributed by atoms with Crippen LogP contribution in [0.25, 0.3) is 6.20 Å². The van der Waals surface area contributed by atoms with Gasteiger partial charge in [-0.05, 0) is 6.42 Å². The molecule has 0 amide bonds. The summed E-state index contributed by atoms with van der Waals surface area (Å²) in [5, 5.41) is 7.37. The predicted molar refractivity (Wildman–Crippen MR) is 66.0 cm³/mol. The molecule has 0 fully saturated rings. The van der Waals surface area contributed by atoms with Crippen LogP contribution in [0.4, 0.5) is 0 Å². The monoisotopic (exact) mass is 221 g/mol. The molecular formula is C12H19N3O. The Morgan fingerprint density at radius 1 is 1.44 bits per heavy atom. The molecule has 16 heavy (non-hydrogen) atoms. The molecule has 0 saturated heterocycles. The first-order chi connectivity index (χ1) is 7.86. The van der Waals surface area contributed by atoms with Crippen molar-refractivity contribution in [3.05, 3.63) is 37.2 Å². The summed E-state index contributed by atoms with van der Waals surface area (Å²) in [5.74, 6) is 0. The number of nitrogens with zero attached hydrogens (tertiary/aromatic N) is 2. The van der Waals surface area contributed by atoms with Crippen molar-refractivity contribution < 1.29 is 4.74 Å². The zero-order valence-electron chi connectivity index (χ0n) is 9.56. The molecule has 0 saturated carbocycles. The predicted octanol–water partition coefficient (Wildman–Crippen LogP) is 1.67. The van der Waals surface area contributed by atoms with Crippen LogP contribution in [-0.2, 0) is 11.3 Å². The molecule has 1 aromatic rings. The van der Waals surface area contributed by atoms with Gasteiger partial charge in [0.2, 0.25) is 0 Å². The Hall–Kier alpha value is -1.39. The summed E-state index contributed by atoms with van der Waals surface area (Å²) < 4.78 is 7.06. The second kappa shape index (κ2) is 7.84. The van der Waals surface area contributed by atoms with Crippen molar-refractivity contribution >= 4 is 6.20 Å². The molecule has 0 aromatic carbocycles. The summed E-state index contributed by atoms with van der Waals surface area (Å²) in [6.45, 7) is 10.4. The van der Waals surface area contributed by atoms with E-state index in [-0.39, 0.29) is 0 Å². The van der Waals surface area contributed by atoms with Gasteiger partial charge in [-0.15, -0.1) is 6.58 Å². The molecule has 4 nitrogen and oxygen atoms in total. The van der Waals surface area contributed by atoms with Crippen LogP contribution in [-0.4, -0.2) is 29.5 Å². The van der Waals surface area contributed by atoms with Crippen molar-refractivity contribution in [2.24, 2.45) is 0 Å². The van der Waals surface area contributed by atoms with E-state index in [1.807, 2.05) is 18.5 Å². The van der Waals surface area contributed by atoms with E-state index >= 15 is 0 Å². The molecule has 1 aromatic heterocycles. The van der Waals surface area contributed by atoms with E-state index in [0.29, 0.717) is 0 Å². The molecule has 4 heteroatoms. The lowest BCUT2D eigenvalue weighted by molar-refractivity contribution is 0.140. The van der Waals surface area contributed by atoms with Crippen molar-refractivity contribution in [1.29, 1.82) is 0 Å². The Morgan fingerprint density at radius 3 is 3.00 bits per heavy atom. The summed E-state index contributed by atoms with van der Waals surface area (Å²) in [7, 11) is 0. The van der Waals surface area contributed by atoms with Crippen molar-refractivity contribution in [3.8, 4) is 0 Å². The van der Waals surface area contributed by atoms with Gasteiger partial charge in [0.25, 0.3) is 0 Å². The minimum atomic E-state index is 0.726. The van der Waals surface area contributed by atoms with Crippen molar-refractivity contribution in [2.75, 3.05) is 19.8 Å². The van der Waals surface area contributed by atoms with Gasteiger partial charge in [-0.25, -0.2) is 4.68 Å². The van der Waals surface area contributed by atoms with E-state index < -0.39 is 0 Å². The van der Waals surface area contributed by atoms with Crippen molar-refractivity contribution in [1.82, 2.24) is 15.1 Å². The molecule has 0 radical (unpaired) electrons. The molecule has 0 aliphatic rings. The van der Waals surface area contributed by atoms with E-state index in [9.17, 15) is 0 Å². The van der Waals surface area contributed by atoms with E-state index in [4.69, 9.17) is 4.74 Å². The Balaban J connectivity index is 2.02. The maximum atomic E-state index is 5.37. The first-order valence-corrected chi connectivity index (χ1v) is 5.41. The number of aromatic nitrogens is 2. The normalized spacial score (nSPS) is 10.2. The molecule has 1 heterocycles. The molecule has 0 aliphatic carbocycles. The third-order valence-electron chi connectivity index (χ3n) is 2.06. The molecule has 1 N–H and O–H groups in total. The van der Waals surface area contributed by atoms with Gasteiger partial charge >= 0.3 is 0 Å². The standard InChI is InChI=1S/C12H19N3O/c1-3-5-7-16-8-6-13-9-12-10-14-15(4-2)11-12/h3-4,10-11,13H,1-2,5-9H2. The fourth-order valence-electron chi connectivity index (χ4n) is 1.21. The number of hydrogen-bond donors (Lipinski definition) is 1. The van der Waals surface area contributed by atoms with Gasteiger partial charge in [0.1, 0.15) is 0 Å². The maximum absolute atomic E-state index is 5.37. The smallest absolute Gasteiger partial charge is 0.0591 e. The van der Waals surface area contributed by atoms with Crippen LogP contribution in [0.1, 0.15) is 12.0 Å². The van der Waals surface area contributed by atoms with Crippen molar-refractivity contribution in [3.63, 3.8) is 0 Å². The highest BCUT2D eigenvalue weighted by Crippen LogP contribution is 1.96. The lowest BCUT2D eigenvalue weighted by Crippen LogP contribution is -2.19. The number of ether oxygens (including phenoxy) is 1. The van der Waals surface area contributed by atoms with Gasteiger partial charge in [0, 0.05) is 31.0 Å². The second-order valence-electron chi connectivity index (χ2n) is 3.38. The average Bonchev–Trinajstić information content (AvgIpc) is 2.76. The first kappa shape index (κ1) is 12.7. The van der Waals surface area contributed by atoms with Gasteiger partial charge in [-0.3, -0.25) is 0 Å². The lowest BCUT2D eigenvalue weighted by Gasteiger charge is -2.03. The van der Waals surface area contributed by atoms with Crippen LogP contribution in [0.15, 0.2) is 31.6 Å². The van der Waals surface area contributed by atoms with Crippen molar-refractivity contribution in [2.45, 2.75) is 13.0 Å². The zero-order valence-corrected chi connectivity index (χ0v) is 9.56. The van der Waals surface area contributed by atoms with Gasteiger partial charge in [0.15, 0.2) is 0 Å². The fourth-order valence-corrected chi connectivity index (χ4v) is 1.21. The summed E-state index contributed by atoms with van der Waals surface area (Å²) in [5.41, 5.74) is 1.14. The van der Waals surface area contributed by atoms with Crippen LogP contribution < -0.4 is 5.32 Å². The van der Waals surface area contributed by atoms with Crippen LogP contribution in [0.3, 0.4) is 0 Å². The molecule has 1 rings (SSSR count). The first-order valence-electron chi connectivity index (χ1n) is 5.41. The van der Waals surface area contributed by atoms with Gasteiger partial charge < -0.3 is 10.1 Å². The average molecular weight is 221 g/mol. The second-order valence-corrected chi connectivity index (χ2v) is 3.38. The third kappa shape index (κ3) is 4.91. The zero-order chi connectivity index (χ0) is 11.6. The van der Waals surface area contributed by atoms with Crippen LogP contribution in [0, 0.1) is 0 Å². The van der Waals surface area contributed by atoms with E-state index in [2.05, 4.69) is 23.6 Å². The highest BCUT2D eigenvalue weighted by Gasteiger charge is 1.95.